The lowest BCUT2D eigenvalue weighted by molar-refractivity contribution is 0.103. The van der Waals surface area contributed by atoms with E-state index < -0.39 is 0 Å². The average molecular weight is 317 g/mol. The van der Waals surface area contributed by atoms with Gasteiger partial charge in [-0.3, -0.25) is 4.79 Å². The number of hydrogen-bond acceptors (Lipinski definition) is 2. The van der Waals surface area contributed by atoms with Crippen molar-refractivity contribution in [2.45, 2.75) is 44.2 Å². The Hall–Kier alpha value is -2.19. The highest BCUT2D eigenvalue weighted by atomic mass is 16.1. The Labute approximate surface area is 143 Å². The van der Waals surface area contributed by atoms with Crippen LogP contribution in [0.2, 0.25) is 0 Å². The molecule has 0 bridgehead atoms. The third-order valence-electron chi connectivity index (χ3n) is 5.22. The van der Waals surface area contributed by atoms with Crippen molar-refractivity contribution < 1.29 is 4.79 Å². The number of hydrogen-bond donors (Lipinski definition) is 1. The number of benzene rings is 2. The Morgan fingerprint density at radius 3 is 2.38 bits per heavy atom. The van der Waals surface area contributed by atoms with Crippen LogP contribution in [0.5, 0.6) is 0 Å². The van der Waals surface area contributed by atoms with Crippen LogP contribution in [0.25, 0.3) is 6.08 Å². The van der Waals surface area contributed by atoms with E-state index in [0.29, 0.717) is 6.04 Å². The first-order valence-corrected chi connectivity index (χ1v) is 8.99. The van der Waals surface area contributed by atoms with Crippen LogP contribution in [0.1, 0.15) is 59.6 Å². The normalized spacial score (nSPS) is 22.8. The summed E-state index contributed by atoms with van der Waals surface area (Å²) in [5.41, 5.74) is 3.96. The van der Waals surface area contributed by atoms with E-state index in [1.165, 1.54) is 32.1 Å². The molecule has 0 saturated heterocycles. The fourth-order valence-electron chi connectivity index (χ4n) is 3.97. The monoisotopic (exact) mass is 317 g/mol. The first-order chi connectivity index (χ1) is 11.8. The summed E-state index contributed by atoms with van der Waals surface area (Å²) in [7, 11) is 0. The van der Waals surface area contributed by atoms with E-state index in [0.717, 1.165) is 22.3 Å². The maximum atomic E-state index is 12.9. The van der Waals surface area contributed by atoms with Gasteiger partial charge < -0.3 is 5.32 Å². The summed E-state index contributed by atoms with van der Waals surface area (Å²) in [4.78, 5) is 12.9. The maximum absolute atomic E-state index is 12.9. The molecule has 1 saturated carbocycles. The van der Waals surface area contributed by atoms with E-state index in [1.807, 2.05) is 36.4 Å². The van der Waals surface area contributed by atoms with Crippen molar-refractivity contribution in [1.29, 1.82) is 0 Å². The van der Waals surface area contributed by atoms with Crippen LogP contribution in [-0.4, -0.2) is 11.8 Å². The SMILES string of the molecule is O=C1/C(=C/c2ccccc2)[C@H](NC2CCCCC2)c2ccccc21. The van der Waals surface area contributed by atoms with Gasteiger partial charge >= 0.3 is 0 Å². The van der Waals surface area contributed by atoms with Crippen molar-refractivity contribution >= 4 is 11.9 Å². The van der Waals surface area contributed by atoms with E-state index in [1.54, 1.807) is 0 Å². The molecule has 1 N–H and O–H groups in total. The van der Waals surface area contributed by atoms with Crippen molar-refractivity contribution in [2.75, 3.05) is 0 Å². The summed E-state index contributed by atoms with van der Waals surface area (Å²) in [6.45, 7) is 0. The molecule has 0 amide bonds. The highest BCUT2D eigenvalue weighted by Crippen LogP contribution is 2.38. The Bertz CT molecular complexity index is 757. The molecule has 0 spiro atoms. The second kappa shape index (κ2) is 6.74. The van der Waals surface area contributed by atoms with Crippen molar-refractivity contribution in [3.05, 3.63) is 76.9 Å². The Kier molecular flexibility index (Phi) is 4.31. The van der Waals surface area contributed by atoms with E-state index in [-0.39, 0.29) is 11.8 Å². The predicted molar refractivity (Wildman–Crippen MR) is 97.9 cm³/mol. The molecule has 24 heavy (non-hydrogen) atoms. The molecule has 1 fully saturated rings. The van der Waals surface area contributed by atoms with Crippen molar-refractivity contribution in [3.63, 3.8) is 0 Å². The van der Waals surface area contributed by atoms with Gasteiger partial charge in [0.05, 0.1) is 6.04 Å². The largest absolute Gasteiger partial charge is 0.303 e. The van der Waals surface area contributed by atoms with Gasteiger partial charge in [-0.15, -0.1) is 0 Å². The highest BCUT2D eigenvalue weighted by molar-refractivity contribution is 6.16. The van der Waals surface area contributed by atoms with Gasteiger partial charge in [-0.25, -0.2) is 0 Å². The van der Waals surface area contributed by atoms with Crippen molar-refractivity contribution in [3.8, 4) is 0 Å². The smallest absolute Gasteiger partial charge is 0.191 e. The molecule has 2 aliphatic carbocycles. The molecule has 2 aromatic carbocycles. The molecule has 2 nitrogen and oxygen atoms in total. The topological polar surface area (TPSA) is 29.1 Å². The Morgan fingerprint density at radius 2 is 1.58 bits per heavy atom. The van der Waals surface area contributed by atoms with E-state index in [4.69, 9.17) is 0 Å². The molecule has 4 rings (SSSR count). The van der Waals surface area contributed by atoms with Crippen LogP contribution in [0.3, 0.4) is 0 Å². The number of carbonyl (C=O) groups excluding carboxylic acids is 1. The third-order valence-corrected chi connectivity index (χ3v) is 5.22. The minimum absolute atomic E-state index is 0.0250. The summed E-state index contributed by atoms with van der Waals surface area (Å²) in [6.07, 6.45) is 8.40. The standard InChI is InChI=1S/C22H23NO/c24-22-19-14-8-7-13-18(19)21(23-17-11-5-2-6-12-17)20(22)15-16-9-3-1-4-10-16/h1,3-4,7-10,13-15,17,21,23H,2,5-6,11-12H2/b20-15+/t21-/m1/s1. The fraction of sp³-hybridized carbons (Fsp3) is 0.318. The molecular formula is C22H23NO. The van der Waals surface area contributed by atoms with Crippen LogP contribution >= 0.6 is 0 Å². The van der Waals surface area contributed by atoms with Crippen LogP contribution in [-0.2, 0) is 0 Å². The second-order valence-corrected chi connectivity index (χ2v) is 6.86. The number of fused-ring (bicyclic) bond motifs is 1. The molecule has 1 atom stereocenters. The number of rotatable bonds is 3. The molecule has 0 aromatic heterocycles. The lowest BCUT2D eigenvalue weighted by Gasteiger charge is -2.27. The molecule has 2 aliphatic rings. The zero-order chi connectivity index (χ0) is 16.4. The molecule has 2 heteroatoms. The van der Waals surface area contributed by atoms with Crippen molar-refractivity contribution in [2.24, 2.45) is 0 Å². The first kappa shape index (κ1) is 15.3. The zero-order valence-corrected chi connectivity index (χ0v) is 13.9. The number of Topliss-reactive ketones (excluding diaryl/α,β-unsaturated/α-hetero) is 1. The summed E-state index contributed by atoms with van der Waals surface area (Å²) < 4.78 is 0. The van der Waals surface area contributed by atoms with Gasteiger partial charge in [0.25, 0.3) is 0 Å². The zero-order valence-electron chi connectivity index (χ0n) is 13.9. The Morgan fingerprint density at radius 1 is 0.875 bits per heavy atom. The van der Waals surface area contributed by atoms with E-state index >= 15 is 0 Å². The minimum atomic E-state index is 0.0250. The summed E-state index contributed by atoms with van der Waals surface area (Å²) in [5, 5.41) is 3.79. The lowest BCUT2D eigenvalue weighted by atomic mass is 9.93. The summed E-state index contributed by atoms with van der Waals surface area (Å²) >= 11 is 0. The van der Waals surface area contributed by atoms with Gasteiger partial charge in [-0.1, -0.05) is 73.9 Å². The molecule has 0 radical (unpaired) electrons. The maximum Gasteiger partial charge on any atom is 0.191 e. The molecule has 122 valence electrons. The number of carbonyl (C=O) groups is 1. The van der Waals surface area contributed by atoms with E-state index in [9.17, 15) is 4.79 Å². The first-order valence-electron chi connectivity index (χ1n) is 8.99. The van der Waals surface area contributed by atoms with Crippen LogP contribution in [0, 0.1) is 0 Å². The molecule has 0 heterocycles. The van der Waals surface area contributed by atoms with Gasteiger partial charge in [-0.2, -0.15) is 0 Å². The molecular weight excluding hydrogens is 294 g/mol. The van der Waals surface area contributed by atoms with Gasteiger partial charge in [-0.05, 0) is 30.0 Å². The fourth-order valence-corrected chi connectivity index (χ4v) is 3.97. The van der Waals surface area contributed by atoms with Gasteiger partial charge in [0.2, 0.25) is 0 Å². The summed E-state index contributed by atoms with van der Waals surface area (Å²) in [5.74, 6) is 0.169. The predicted octanol–water partition coefficient (Wildman–Crippen LogP) is 4.93. The third kappa shape index (κ3) is 2.94. The Balaban J connectivity index is 1.70. The molecule has 0 aliphatic heterocycles. The van der Waals surface area contributed by atoms with Crippen molar-refractivity contribution in [1.82, 2.24) is 5.32 Å². The second-order valence-electron chi connectivity index (χ2n) is 6.86. The van der Waals surface area contributed by atoms with Gasteiger partial charge in [0.15, 0.2) is 5.78 Å². The average Bonchev–Trinajstić information content (AvgIpc) is 2.90. The van der Waals surface area contributed by atoms with Gasteiger partial charge in [0.1, 0.15) is 0 Å². The number of nitrogens with one attached hydrogen (secondary N) is 1. The van der Waals surface area contributed by atoms with Gasteiger partial charge in [0, 0.05) is 17.2 Å². The molecule has 2 aromatic rings. The highest BCUT2D eigenvalue weighted by Gasteiger charge is 2.35. The van der Waals surface area contributed by atoms with Crippen LogP contribution < -0.4 is 5.32 Å². The lowest BCUT2D eigenvalue weighted by Crippen LogP contribution is -2.34. The number of ketones is 1. The van der Waals surface area contributed by atoms with Crippen LogP contribution in [0.15, 0.2) is 60.2 Å². The molecule has 0 unspecified atom stereocenters. The summed E-state index contributed by atoms with van der Waals surface area (Å²) in [6, 6.07) is 18.7. The van der Waals surface area contributed by atoms with Crippen LogP contribution in [0.4, 0.5) is 0 Å². The van der Waals surface area contributed by atoms with E-state index in [2.05, 4.69) is 29.6 Å². The quantitative estimate of drug-likeness (QED) is 0.813. The minimum Gasteiger partial charge on any atom is -0.303 e.